The Labute approximate surface area is 149 Å². The molecule has 1 amide bonds. The highest BCUT2D eigenvalue weighted by molar-refractivity contribution is 5.93. The molecule has 1 aliphatic heterocycles. The monoisotopic (exact) mass is 341 g/mol. The molecule has 1 fully saturated rings. The van der Waals surface area contributed by atoms with Gasteiger partial charge in [-0.3, -0.25) is 14.5 Å². The summed E-state index contributed by atoms with van der Waals surface area (Å²) in [7, 11) is 0. The number of rotatable bonds is 7. The maximum atomic E-state index is 12.6. The number of aryl methyl sites for hydroxylation is 1. The topological polar surface area (TPSA) is 75.4 Å². The third-order valence-electron chi connectivity index (χ3n) is 4.72. The fraction of sp³-hybridized carbons (Fsp3) is 0.400. The lowest BCUT2D eigenvalue weighted by molar-refractivity contribution is -0.123. The van der Waals surface area contributed by atoms with Crippen LogP contribution >= 0.6 is 0 Å². The normalized spacial score (nSPS) is 16.0. The highest BCUT2D eigenvalue weighted by Gasteiger charge is 2.25. The number of likely N-dealkylation sites (tertiary alicyclic amines) is 1. The maximum absolute atomic E-state index is 12.6. The standard InChI is InChI=1S/C20H27N3O2/c1-15-5-3-4-6-18(15)13-19(24)17-7-11-23(12-8-17)14-16(2)20(25)22-10-9-21/h3-6,9-10,17H,2,7-8,11-14,21H2,1H3,(H,22,25)/b10-9-. The molecule has 1 saturated heterocycles. The average Bonchev–Trinajstić information content (AvgIpc) is 2.62. The van der Waals surface area contributed by atoms with Crippen LogP contribution in [-0.4, -0.2) is 36.2 Å². The summed E-state index contributed by atoms with van der Waals surface area (Å²) in [6.45, 7) is 8.00. The van der Waals surface area contributed by atoms with E-state index in [1.54, 1.807) is 0 Å². The molecule has 0 aromatic heterocycles. The zero-order valence-electron chi connectivity index (χ0n) is 14.8. The zero-order valence-corrected chi connectivity index (χ0v) is 14.8. The second kappa shape index (κ2) is 9.18. The summed E-state index contributed by atoms with van der Waals surface area (Å²) >= 11 is 0. The van der Waals surface area contributed by atoms with Crippen molar-refractivity contribution >= 4 is 11.7 Å². The Morgan fingerprint density at radius 2 is 2.00 bits per heavy atom. The molecule has 3 N–H and O–H groups in total. The highest BCUT2D eigenvalue weighted by Crippen LogP contribution is 2.21. The highest BCUT2D eigenvalue weighted by atomic mass is 16.1. The number of benzene rings is 1. The number of nitrogens with zero attached hydrogens (tertiary/aromatic N) is 1. The Bertz CT molecular complexity index is 659. The summed E-state index contributed by atoms with van der Waals surface area (Å²) in [6, 6.07) is 8.05. The number of carbonyl (C=O) groups is 2. The Morgan fingerprint density at radius 1 is 1.32 bits per heavy atom. The second-order valence-corrected chi connectivity index (χ2v) is 6.56. The van der Waals surface area contributed by atoms with E-state index in [2.05, 4.69) is 16.8 Å². The number of nitrogens with one attached hydrogen (secondary N) is 1. The van der Waals surface area contributed by atoms with Crippen LogP contribution in [-0.2, 0) is 16.0 Å². The number of ketones is 1. The first-order chi connectivity index (χ1) is 12.0. The number of amides is 1. The van der Waals surface area contributed by atoms with E-state index in [1.165, 1.54) is 18.0 Å². The van der Waals surface area contributed by atoms with Crippen LogP contribution in [0.2, 0.25) is 0 Å². The Morgan fingerprint density at radius 3 is 2.64 bits per heavy atom. The smallest absolute Gasteiger partial charge is 0.251 e. The average molecular weight is 341 g/mol. The molecule has 25 heavy (non-hydrogen) atoms. The van der Waals surface area contributed by atoms with Gasteiger partial charge >= 0.3 is 0 Å². The molecular weight excluding hydrogens is 314 g/mol. The number of carbonyl (C=O) groups excluding carboxylic acids is 2. The van der Waals surface area contributed by atoms with Gasteiger partial charge in [-0.15, -0.1) is 0 Å². The minimum Gasteiger partial charge on any atom is -0.403 e. The first-order valence-corrected chi connectivity index (χ1v) is 8.66. The first-order valence-electron chi connectivity index (χ1n) is 8.66. The van der Waals surface area contributed by atoms with Crippen LogP contribution < -0.4 is 11.1 Å². The van der Waals surface area contributed by atoms with Crippen molar-refractivity contribution in [2.75, 3.05) is 19.6 Å². The van der Waals surface area contributed by atoms with Gasteiger partial charge in [0.05, 0.1) is 0 Å². The second-order valence-electron chi connectivity index (χ2n) is 6.56. The largest absolute Gasteiger partial charge is 0.403 e. The minimum atomic E-state index is -0.223. The lowest BCUT2D eigenvalue weighted by Gasteiger charge is -2.31. The van der Waals surface area contributed by atoms with Crippen molar-refractivity contribution in [2.24, 2.45) is 11.7 Å². The maximum Gasteiger partial charge on any atom is 0.251 e. The van der Waals surface area contributed by atoms with E-state index >= 15 is 0 Å². The molecule has 0 spiro atoms. The molecule has 5 nitrogen and oxygen atoms in total. The predicted octanol–water partition coefficient (Wildman–Crippen LogP) is 1.92. The van der Waals surface area contributed by atoms with E-state index in [1.807, 2.05) is 31.2 Å². The van der Waals surface area contributed by atoms with Crippen molar-refractivity contribution in [3.05, 3.63) is 59.9 Å². The van der Waals surface area contributed by atoms with Crippen LogP contribution in [0.15, 0.2) is 48.8 Å². The van der Waals surface area contributed by atoms with E-state index in [4.69, 9.17) is 5.73 Å². The predicted molar refractivity (Wildman–Crippen MR) is 99.7 cm³/mol. The van der Waals surface area contributed by atoms with E-state index in [9.17, 15) is 9.59 Å². The fourth-order valence-electron chi connectivity index (χ4n) is 3.12. The van der Waals surface area contributed by atoms with Gasteiger partial charge in [-0.2, -0.15) is 0 Å². The fourth-order valence-corrected chi connectivity index (χ4v) is 3.12. The number of piperidine rings is 1. The van der Waals surface area contributed by atoms with Crippen LogP contribution in [0.5, 0.6) is 0 Å². The third kappa shape index (κ3) is 5.57. The van der Waals surface area contributed by atoms with Crippen molar-refractivity contribution in [2.45, 2.75) is 26.2 Å². The minimum absolute atomic E-state index is 0.109. The lowest BCUT2D eigenvalue weighted by atomic mass is 9.88. The summed E-state index contributed by atoms with van der Waals surface area (Å²) in [5.41, 5.74) is 7.99. The first kappa shape index (κ1) is 18.9. The van der Waals surface area contributed by atoms with E-state index in [-0.39, 0.29) is 11.8 Å². The Kier molecular flexibility index (Phi) is 6.95. The van der Waals surface area contributed by atoms with Gasteiger partial charge in [0.15, 0.2) is 0 Å². The summed E-state index contributed by atoms with van der Waals surface area (Å²) in [5.74, 6) is 0.205. The third-order valence-corrected chi connectivity index (χ3v) is 4.72. The van der Waals surface area contributed by atoms with Crippen molar-refractivity contribution in [3.63, 3.8) is 0 Å². The van der Waals surface area contributed by atoms with Gasteiger partial charge in [0.2, 0.25) is 0 Å². The molecule has 0 radical (unpaired) electrons. The van der Waals surface area contributed by atoms with Gasteiger partial charge < -0.3 is 11.1 Å². The molecule has 0 bridgehead atoms. The molecule has 1 aromatic carbocycles. The zero-order chi connectivity index (χ0) is 18.2. The van der Waals surface area contributed by atoms with Gasteiger partial charge in [0, 0.05) is 36.9 Å². The summed E-state index contributed by atoms with van der Waals surface area (Å²) in [4.78, 5) is 26.5. The van der Waals surface area contributed by atoms with Crippen LogP contribution in [0.3, 0.4) is 0 Å². The molecule has 1 aliphatic rings. The SMILES string of the molecule is C=C(CN1CCC(C(=O)Cc2ccccc2C)CC1)C(=O)N/C=C\N. The quantitative estimate of drug-likeness (QED) is 0.743. The molecule has 2 rings (SSSR count). The van der Waals surface area contributed by atoms with Gasteiger partial charge in [-0.25, -0.2) is 0 Å². The molecule has 0 unspecified atom stereocenters. The molecule has 1 heterocycles. The van der Waals surface area contributed by atoms with E-state index in [0.29, 0.717) is 24.3 Å². The Balaban J connectivity index is 1.79. The molecule has 0 atom stereocenters. The molecule has 0 saturated carbocycles. The van der Waals surface area contributed by atoms with Crippen LogP contribution in [0.25, 0.3) is 0 Å². The van der Waals surface area contributed by atoms with Crippen molar-refractivity contribution in [1.82, 2.24) is 10.2 Å². The summed E-state index contributed by atoms with van der Waals surface area (Å²) < 4.78 is 0. The summed E-state index contributed by atoms with van der Waals surface area (Å²) in [5, 5.41) is 2.56. The van der Waals surface area contributed by atoms with Crippen LogP contribution in [0.4, 0.5) is 0 Å². The van der Waals surface area contributed by atoms with E-state index < -0.39 is 0 Å². The van der Waals surface area contributed by atoms with Gasteiger partial charge in [-0.05, 0) is 44.0 Å². The van der Waals surface area contributed by atoms with Crippen molar-refractivity contribution in [1.29, 1.82) is 0 Å². The van der Waals surface area contributed by atoms with Gasteiger partial charge in [0.25, 0.3) is 5.91 Å². The Hall–Kier alpha value is -2.40. The lowest BCUT2D eigenvalue weighted by Crippen LogP contribution is -2.39. The number of hydrogen-bond acceptors (Lipinski definition) is 4. The summed E-state index contributed by atoms with van der Waals surface area (Å²) in [6.07, 6.45) is 4.85. The molecule has 0 aliphatic carbocycles. The molecule has 1 aromatic rings. The van der Waals surface area contributed by atoms with Crippen LogP contribution in [0.1, 0.15) is 24.0 Å². The van der Waals surface area contributed by atoms with Crippen molar-refractivity contribution < 1.29 is 9.59 Å². The number of nitrogens with two attached hydrogens (primary N) is 1. The number of Topliss-reactive ketones (excluding diaryl/α,β-unsaturated/α-hetero) is 1. The molecule has 134 valence electrons. The van der Waals surface area contributed by atoms with Crippen molar-refractivity contribution in [3.8, 4) is 0 Å². The molecule has 5 heteroatoms. The van der Waals surface area contributed by atoms with Crippen LogP contribution in [0, 0.1) is 12.8 Å². The number of hydrogen-bond donors (Lipinski definition) is 2. The van der Waals surface area contributed by atoms with E-state index in [0.717, 1.165) is 31.5 Å². The van der Waals surface area contributed by atoms with Gasteiger partial charge in [-0.1, -0.05) is 30.8 Å². The van der Waals surface area contributed by atoms with Gasteiger partial charge in [0.1, 0.15) is 5.78 Å². The molecular formula is C20H27N3O2.